The Morgan fingerprint density at radius 3 is 2.94 bits per heavy atom. The zero-order chi connectivity index (χ0) is 13.6. The number of hydrogen-bond donors (Lipinski definition) is 1. The van der Waals surface area contributed by atoms with E-state index in [1.165, 1.54) is 0 Å². The van der Waals surface area contributed by atoms with E-state index in [9.17, 15) is 13.6 Å². The van der Waals surface area contributed by atoms with Crippen molar-refractivity contribution in [1.82, 2.24) is 5.32 Å². The van der Waals surface area contributed by atoms with Crippen molar-refractivity contribution in [2.45, 2.75) is 42.9 Å². The maximum atomic E-state index is 13.2. The van der Waals surface area contributed by atoms with Crippen molar-refractivity contribution in [3.8, 4) is 0 Å². The molecule has 6 heteroatoms. The van der Waals surface area contributed by atoms with E-state index in [4.69, 9.17) is 4.74 Å². The van der Waals surface area contributed by atoms with Crippen LogP contribution in [-0.4, -0.2) is 36.9 Å². The third kappa shape index (κ3) is 5.61. The number of carbonyl (C=O) groups excluding carboxylic acids is 1. The lowest BCUT2D eigenvalue weighted by atomic mass is 9.86. The highest BCUT2D eigenvalue weighted by Crippen LogP contribution is 2.36. The second kappa shape index (κ2) is 7.38. The summed E-state index contributed by atoms with van der Waals surface area (Å²) >= 11 is 3.41. The molecule has 2 unspecified atom stereocenters. The van der Waals surface area contributed by atoms with E-state index in [2.05, 4.69) is 21.2 Å². The third-order valence-electron chi connectivity index (χ3n) is 3.12. The second-order valence-electron chi connectivity index (χ2n) is 4.78. The summed E-state index contributed by atoms with van der Waals surface area (Å²) in [5.74, 6) is -3.45. The molecule has 3 nitrogen and oxygen atoms in total. The van der Waals surface area contributed by atoms with Gasteiger partial charge in [0, 0.05) is 37.2 Å². The van der Waals surface area contributed by atoms with E-state index < -0.39 is 11.8 Å². The molecule has 1 amide bonds. The molecule has 0 bridgehead atoms. The molecule has 0 aromatic rings. The Morgan fingerprint density at radius 1 is 1.61 bits per heavy atom. The quantitative estimate of drug-likeness (QED) is 0.762. The van der Waals surface area contributed by atoms with E-state index in [1.807, 2.05) is 0 Å². The summed E-state index contributed by atoms with van der Waals surface area (Å²) in [6.45, 7) is 1.05. The fourth-order valence-corrected chi connectivity index (χ4v) is 2.65. The minimum Gasteiger partial charge on any atom is -0.384 e. The lowest BCUT2D eigenvalue weighted by Gasteiger charge is -2.28. The SMILES string of the molecule is COCC(Br)CCNC(=O)C1CCCC(F)(F)C1. The fraction of sp³-hybridized carbons (Fsp3) is 0.917. The van der Waals surface area contributed by atoms with Gasteiger partial charge in [-0.15, -0.1) is 0 Å². The number of halogens is 3. The lowest BCUT2D eigenvalue weighted by Crippen LogP contribution is -2.38. The van der Waals surface area contributed by atoms with Gasteiger partial charge < -0.3 is 10.1 Å². The summed E-state index contributed by atoms with van der Waals surface area (Å²) in [6.07, 6.45) is 1.32. The van der Waals surface area contributed by atoms with E-state index in [0.29, 0.717) is 26.0 Å². The standard InChI is InChI=1S/C12H20BrF2NO2/c1-18-8-10(13)4-6-16-11(17)9-3-2-5-12(14,15)7-9/h9-10H,2-8H2,1H3,(H,16,17). The summed E-state index contributed by atoms with van der Waals surface area (Å²) in [4.78, 5) is 11.9. The number of alkyl halides is 3. The summed E-state index contributed by atoms with van der Waals surface area (Å²) in [7, 11) is 1.61. The van der Waals surface area contributed by atoms with E-state index in [0.717, 1.165) is 6.42 Å². The van der Waals surface area contributed by atoms with Crippen molar-refractivity contribution < 1.29 is 18.3 Å². The van der Waals surface area contributed by atoms with Gasteiger partial charge >= 0.3 is 0 Å². The first-order valence-corrected chi connectivity index (χ1v) is 7.15. The first-order valence-electron chi connectivity index (χ1n) is 6.23. The zero-order valence-electron chi connectivity index (χ0n) is 10.6. The first-order chi connectivity index (χ1) is 8.44. The largest absolute Gasteiger partial charge is 0.384 e. The Morgan fingerprint density at radius 2 is 2.33 bits per heavy atom. The van der Waals surface area contributed by atoms with Gasteiger partial charge in [0.25, 0.3) is 0 Å². The molecule has 0 radical (unpaired) electrons. The van der Waals surface area contributed by atoms with Crippen molar-refractivity contribution in [2.24, 2.45) is 5.92 Å². The molecule has 0 spiro atoms. The molecular formula is C12H20BrF2NO2. The van der Waals surface area contributed by atoms with Gasteiger partial charge in [0.05, 0.1) is 6.61 Å². The van der Waals surface area contributed by atoms with Crippen LogP contribution < -0.4 is 5.32 Å². The van der Waals surface area contributed by atoms with E-state index in [1.54, 1.807) is 7.11 Å². The molecule has 1 aliphatic carbocycles. The smallest absolute Gasteiger partial charge is 0.248 e. The molecule has 1 saturated carbocycles. The van der Waals surface area contributed by atoms with Crippen LogP contribution in [-0.2, 0) is 9.53 Å². The van der Waals surface area contributed by atoms with Crippen LogP contribution in [0.4, 0.5) is 8.78 Å². The van der Waals surface area contributed by atoms with Gasteiger partial charge in [-0.25, -0.2) is 8.78 Å². The third-order valence-corrected chi connectivity index (χ3v) is 3.84. The van der Waals surface area contributed by atoms with Crippen LogP contribution in [0, 0.1) is 5.92 Å². The summed E-state index contributed by atoms with van der Waals surface area (Å²) in [5.41, 5.74) is 0. The number of carbonyl (C=O) groups is 1. The van der Waals surface area contributed by atoms with Crippen LogP contribution in [0.5, 0.6) is 0 Å². The highest BCUT2D eigenvalue weighted by Gasteiger charge is 2.38. The number of hydrogen-bond acceptors (Lipinski definition) is 2. The average molecular weight is 328 g/mol. The van der Waals surface area contributed by atoms with Gasteiger partial charge in [-0.05, 0) is 19.3 Å². The molecule has 0 aromatic carbocycles. The average Bonchev–Trinajstić information content (AvgIpc) is 2.28. The van der Waals surface area contributed by atoms with Gasteiger partial charge in [-0.2, -0.15) is 0 Å². The van der Waals surface area contributed by atoms with Gasteiger partial charge in [-0.1, -0.05) is 15.9 Å². The fourth-order valence-electron chi connectivity index (χ4n) is 2.16. The molecule has 2 atom stereocenters. The highest BCUT2D eigenvalue weighted by atomic mass is 79.9. The number of amides is 1. The molecule has 0 saturated heterocycles. The molecule has 0 aromatic heterocycles. The minimum absolute atomic E-state index is 0.0892. The Kier molecular flexibility index (Phi) is 6.49. The molecule has 0 heterocycles. The molecular weight excluding hydrogens is 308 g/mol. The molecule has 18 heavy (non-hydrogen) atoms. The Hall–Kier alpha value is -0.230. The van der Waals surface area contributed by atoms with Crippen LogP contribution in [0.2, 0.25) is 0 Å². The predicted molar refractivity (Wildman–Crippen MR) is 69.1 cm³/mol. The normalized spacial score (nSPS) is 24.6. The molecule has 1 N–H and O–H groups in total. The molecule has 1 rings (SSSR count). The van der Waals surface area contributed by atoms with Crippen molar-refractivity contribution >= 4 is 21.8 Å². The van der Waals surface area contributed by atoms with Crippen molar-refractivity contribution in [3.05, 3.63) is 0 Å². The van der Waals surface area contributed by atoms with Crippen LogP contribution in [0.1, 0.15) is 32.1 Å². The Labute approximate surface area is 115 Å². The summed E-state index contributed by atoms with van der Waals surface area (Å²) in [6, 6.07) is 0. The van der Waals surface area contributed by atoms with Crippen molar-refractivity contribution in [1.29, 1.82) is 0 Å². The van der Waals surface area contributed by atoms with Crippen LogP contribution >= 0.6 is 15.9 Å². The van der Waals surface area contributed by atoms with Crippen molar-refractivity contribution in [3.63, 3.8) is 0 Å². The van der Waals surface area contributed by atoms with Gasteiger partial charge in [0.1, 0.15) is 0 Å². The zero-order valence-corrected chi connectivity index (χ0v) is 12.1. The maximum absolute atomic E-state index is 13.2. The van der Waals surface area contributed by atoms with Gasteiger partial charge in [-0.3, -0.25) is 4.79 Å². The second-order valence-corrected chi connectivity index (χ2v) is 6.08. The van der Waals surface area contributed by atoms with E-state index in [-0.39, 0.29) is 23.6 Å². The van der Waals surface area contributed by atoms with E-state index >= 15 is 0 Å². The van der Waals surface area contributed by atoms with Gasteiger partial charge in [0.2, 0.25) is 11.8 Å². The summed E-state index contributed by atoms with van der Waals surface area (Å²) < 4.78 is 31.3. The molecule has 0 aliphatic heterocycles. The Balaban J connectivity index is 2.24. The molecule has 106 valence electrons. The van der Waals surface area contributed by atoms with Crippen molar-refractivity contribution in [2.75, 3.05) is 20.3 Å². The maximum Gasteiger partial charge on any atom is 0.248 e. The minimum atomic E-state index is -2.67. The monoisotopic (exact) mass is 327 g/mol. The molecule has 1 aliphatic rings. The number of ether oxygens (including phenoxy) is 1. The van der Waals surface area contributed by atoms with Crippen LogP contribution in [0.25, 0.3) is 0 Å². The topological polar surface area (TPSA) is 38.3 Å². The number of nitrogens with one attached hydrogen (secondary N) is 1. The Bertz CT molecular complexity index is 277. The highest BCUT2D eigenvalue weighted by molar-refractivity contribution is 9.09. The predicted octanol–water partition coefficient (Wildman–Crippen LogP) is 2.73. The number of rotatable bonds is 6. The molecule has 1 fully saturated rings. The van der Waals surface area contributed by atoms with Gasteiger partial charge in [0.15, 0.2) is 0 Å². The summed E-state index contributed by atoms with van der Waals surface area (Å²) in [5, 5.41) is 2.72. The lowest BCUT2D eigenvalue weighted by molar-refractivity contribution is -0.132. The number of methoxy groups -OCH3 is 1. The first kappa shape index (κ1) is 15.8. The van der Waals surface area contributed by atoms with Crippen LogP contribution in [0.3, 0.4) is 0 Å². The van der Waals surface area contributed by atoms with Crippen LogP contribution in [0.15, 0.2) is 0 Å².